The first kappa shape index (κ1) is 17.9. The second-order valence-electron chi connectivity index (χ2n) is 4.74. The van der Waals surface area contributed by atoms with Crippen LogP contribution in [0, 0.1) is 10.1 Å². The number of nitro groups is 1. The Morgan fingerprint density at radius 2 is 1.68 bits per heavy atom. The van der Waals surface area contributed by atoms with E-state index in [2.05, 4.69) is 10.9 Å². The second-order valence-corrected chi connectivity index (χ2v) is 4.74. The number of nitro benzene ring substituents is 1. The molecule has 0 spiro atoms. The normalized spacial score (nSPS) is 9.88. The first-order chi connectivity index (χ1) is 12.0. The summed E-state index contributed by atoms with van der Waals surface area (Å²) in [5.41, 5.74) is 5.11. The van der Waals surface area contributed by atoms with E-state index in [1.807, 2.05) is 0 Å². The second kappa shape index (κ2) is 7.86. The van der Waals surface area contributed by atoms with Crippen LogP contribution in [0.3, 0.4) is 0 Å². The summed E-state index contributed by atoms with van der Waals surface area (Å²) in [6, 6.07) is 8.99. The van der Waals surface area contributed by atoms with Crippen molar-refractivity contribution in [3.8, 4) is 17.2 Å². The third-order valence-electron chi connectivity index (χ3n) is 3.36. The van der Waals surface area contributed by atoms with E-state index < -0.39 is 10.8 Å². The summed E-state index contributed by atoms with van der Waals surface area (Å²) in [7, 11) is 4.28. The predicted octanol–water partition coefficient (Wildman–Crippen LogP) is 2.38. The lowest BCUT2D eigenvalue weighted by atomic mass is 10.1. The Morgan fingerprint density at radius 3 is 2.28 bits per heavy atom. The molecule has 0 aliphatic carbocycles. The number of carbonyl (C=O) groups is 1. The Kier molecular flexibility index (Phi) is 5.62. The van der Waals surface area contributed by atoms with Crippen molar-refractivity contribution >= 4 is 17.3 Å². The fourth-order valence-electron chi connectivity index (χ4n) is 2.21. The molecule has 0 radical (unpaired) electrons. The van der Waals surface area contributed by atoms with Gasteiger partial charge in [0, 0.05) is 6.07 Å². The van der Waals surface area contributed by atoms with Crippen LogP contribution in [0.1, 0.15) is 10.4 Å². The van der Waals surface area contributed by atoms with Crippen molar-refractivity contribution in [3.63, 3.8) is 0 Å². The van der Waals surface area contributed by atoms with Crippen molar-refractivity contribution in [3.05, 3.63) is 52.1 Å². The van der Waals surface area contributed by atoms with Gasteiger partial charge in [-0.1, -0.05) is 12.1 Å². The Hall–Kier alpha value is -3.49. The molecule has 2 rings (SSSR count). The van der Waals surface area contributed by atoms with Crippen molar-refractivity contribution in [1.29, 1.82) is 0 Å². The van der Waals surface area contributed by atoms with Crippen molar-refractivity contribution in [1.82, 2.24) is 5.43 Å². The summed E-state index contributed by atoms with van der Waals surface area (Å²) in [6.07, 6.45) is 0. The van der Waals surface area contributed by atoms with Gasteiger partial charge in [0.25, 0.3) is 11.6 Å². The van der Waals surface area contributed by atoms with Crippen molar-refractivity contribution in [2.45, 2.75) is 0 Å². The van der Waals surface area contributed by atoms with E-state index in [1.165, 1.54) is 45.6 Å². The van der Waals surface area contributed by atoms with Crippen molar-refractivity contribution in [2.24, 2.45) is 0 Å². The number of nitrogens with one attached hydrogen (secondary N) is 2. The summed E-state index contributed by atoms with van der Waals surface area (Å²) >= 11 is 0. The van der Waals surface area contributed by atoms with Gasteiger partial charge in [0.1, 0.15) is 5.69 Å². The van der Waals surface area contributed by atoms with Crippen LogP contribution in [0.5, 0.6) is 17.2 Å². The Morgan fingerprint density at radius 1 is 1.00 bits per heavy atom. The van der Waals surface area contributed by atoms with Crippen LogP contribution in [-0.4, -0.2) is 32.2 Å². The number of benzene rings is 2. The molecule has 0 bridgehead atoms. The topological polar surface area (TPSA) is 112 Å². The summed E-state index contributed by atoms with van der Waals surface area (Å²) in [4.78, 5) is 22.9. The highest BCUT2D eigenvalue weighted by Gasteiger charge is 2.21. The number of hydrogen-bond acceptors (Lipinski definition) is 7. The largest absolute Gasteiger partial charge is 0.493 e. The van der Waals surface area contributed by atoms with Crippen LogP contribution in [0.15, 0.2) is 36.4 Å². The lowest BCUT2D eigenvalue weighted by Crippen LogP contribution is -2.30. The molecule has 2 N–H and O–H groups in total. The summed E-state index contributed by atoms with van der Waals surface area (Å²) in [6.45, 7) is 0. The summed E-state index contributed by atoms with van der Waals surface area (Å²) in [5, 5.41) is 11.0. The van der Waals surface area contributed by atoms with Gasteiger partial charge in [-0.05, 0) is 18.2 Å². The number of para-hydroxylation sites is 2. The first-order valence-electron chi connectivity index (χ1n) is 7.12. The van der Waals surface area contributed by atoms with Crippen LogP contribution in [0.25, 0.3) is 0 Å². The van der Waals surface area contributed by atoms with Crippen LogP contribution in [0.2, 0.25) is 0 Å². The number of hydrogen-bond donors (Lipinski definition) is 2. The molecule has 25 heavy (non-hydrogen) atoms. The molecule has 9 heteroatoms. The molecule has 0 saturated heterocycles. The molecule has 0 atom stereocenters. The minimum atomic E-state index is -0.559. The highest BCUT2D eigenvalue weighted by molar-refractivity contribution is 5.99. The molecule has 2 aromatic carbocycles. The first-order valence-corrected chi connectivity index (χ1v) is 7.12. The zero-order chi connectivity index (χ0) is 18.4. The van der Waals surface area contributed by atoms with E-state index in [4.69, 9.17) is 14.2 Å². The Balaban J connectivity index is 2.26. The van der Waals surface area contributed by atoms with Gasteiger partial charge in [-0.2, -0.15) is 0 Å². The fraction of sp³-hybridized carbons (Fsp3) is 0.188. The van der Waals surface area contributed by atoms with Crippen LogP contribution in [-0.2, 0) is 0 Å². The lowest BCUT2D eigenvalue weighted by Gasteiger charge is -2.16. The third-order valence-corrected chi connectivity index (χ3v) is 3.36. The van der Waals surface area contributed by atoms with Crippen LogP contribution in [0.4, 0.5) is 11.4 Å². The average Bonchev–Trinajstić information content (AvgIpc) is 2.64. The quantitative estimate of drug-likeness (QED) is 0.584. The van der Waals surface area contributed by atoms with Gasteiger partial charge in [-0.3, -0.25) is 25.8 Å². The van der Waals surface area contributed by atoms with Gasteiger partial charge in [0.05, 0.1) is 31.8 Å². The van der Waals surface area contributed by atoms with Crippen LogP contribution < -0.4 is 25.1 Å². The number of methoxy groups -OCH3 is 3. The molecular weight excluding hydrogens is 330 g/mol. The molecule has 0 aliphatic rings. The maximum absolute atomic E-state index is 12.4. The third kappa shape index (κ3) is 3.71. The molecule has 0 heterocycles. The Bertz CT molecular complexity index is 793. The molecule has 2 aromatic rings. The van der Waals surface area contributed by atoms with Gasteiger partial charge in [0.15, 0.2) is 11.5 Å². The highest BCUT2D eigenvalue weighted by atomic mass is 16.6. The number of carbonyl (C=O) groups excluding carboxylic acids is 1. The number of anilines is 1. The van der Waals surface area contributed by atoms with E-state index in [1.54, 1.807) is 12.1 Å². The molecule has 0 aromatic heterocycles. The van der Waals surface area contributed by atoms with E-state index in [0.717, 1.165) is 0 Å². The van der Waals surface area contributed by atoms with Gasteiger partial charge < -0.3 is 14.2 Å². The molecule has 0 fully saturated rings. The minimum absolute atomic E-state index is 0.153. The van der Waals surface area contributed by atoms with Gasteiger partial charge in [0.2, 0.25) is 5.75 Å². The minimum Gasteiger partial charge on any atom is -0.493 e. The SMILES string of the molecule is COc1ccc(C(=O)NNc2ccccc2[N+](=O)[O-])c(OC)c1OC. The number of amides is 1. The lowest BCUT2D eigenvalue weighted by molar-refractivity contribution is -0.384. The van der Waals surface area contributed by atoms with E-state index in [9.17, 15) is 14.9 Å². The standard InChI is InChI=1S/C16H17N3O6/c1-23-13-9-8-10(14(24-2)15(13)25-3)16(20)18-17-11-6-4-5-7-12(11)19(21)22/h4-9,17H,1-3H3,(H,18,20). The van der Waals surface area contributed by atoms with Crippen molar-refractivity contribution < 1.29 is 23.9 Å². The van der Waals surface area contributed by atoms with E-state index in [-0.39, 0.29) is 28.4 Å². The monoisotopic (exact) mass is 347 g/mol. The highest BCUT2D eigenvalue weighted by Crippen LogP contribution is 2.39. The maximum atomic E-state index is 12.4. The molecule has 132 valence electrons. The summed E-state index contributed by atoms with van der Waals surface area (Å²) in [5.74, 6) is 0.297. The van der Waals surface area contributed by atoms with Gasteiger partial charge >= 0.3 is 0 Å². The smallest absolute Gasteiger partial charge is 0.294 e. The zero-order valence-electron chi connectivity index (χ0n) is 13.9. The number of nitrogens with zero attached hydrogens (tertiary/aromatic N) is 1. The average molecular weight is 347 g/mol. The van der Waals surface area contributed by atoms with Crippen LogP contribution >= 0.6 is 0 Å². The fourth-order valence-corrected chi connectivity index (χ4v) is 2.21. The van der Waals surface area contributed by atoms with Gasteiger partial charge in [-0.25, -0.2) is 0 Å². The zero-order valence-corrected chi connectivity index (χ0v) is 13.9. The number of ether oxygens (including phenoxy) is 3. The van der Waals surface area contributed by atoms with Gasteiger partial charge in [-0.15, -0.1) is 0 Å². The molecule has 0 aliphatic heterocycles. The molecule has 1 amide bonds. The molecule has 0 saturated carbocycles. The molecule has 0 unspecified atom stereocenters. The van der Waals surface area contributed by atoms with E-state index >= 15 is 0 Å². The molecule has 9 nitrogen and oxygen atoms in total. The number of hydrazine groups is 1. The predicted molar refractivity (Wildman–Crippen MR) is 90.3 cm³/mol. The van der Waals surface area contributed by atoms with Crippen molar-refractivity contribution in [2.75, 3.05) is 26.8 Å². The maximum Gasteiger partial charge on any atom is 0.294 e. The number of rotatable bonds is 7. The summed E-state index contributed by atoms with van der Waals surface area (Å²) < 4.78 is 15.6. The molecular formula is C16H17N3O6. The van der Waals surface area contributed by atoms with E-state index in [0.29, 0.717) is 5.75 Å². The Labute approximate surface area is 143 Å².